The fourth-order valence-electron chi connectivity index (χ4n) is 2.40. The standard InChI is InChI=1S/C12H17NO2/c1-7-3-9-10(14)5-8(6-13)12(9)11(4-7)15-2/h3-4,8,10,14H,5-6,13H2,1-2H3. The van der Waals surface area contributed by atoms with Gasteiger partial charge in [0.1, 0.15) is 5.75 Å². The zero-order valence-electron chi connectivity index (χ0n) is 9.16. The van der Waals surface area contributed by atoms with Crippen LogP contribution in [0.25, 0.3) is 0 Å². The number of aryl methyl sites for hydroxylation is 1. The van der Waals surface area contributed by atoms with E-state index in [9.17, 15) is 5.11 Å². The Balaban J connectivity index is 2.56. The largest absolute Gasteiger partial charge is 0.496 e. The summed E-state index contributed by atoms with van der Waals surface area (Å²) in [4.78, 5) is 0. The van der Waals surface area contributed by atoms with Crippen molar-refractivity contribution in [1.82, 2.24) is 0 Å². The number of nitrogens with two attached hydrogens (primary N) is 1. The highest BCUT2D eigenvalue weighted by Gasteiger charge is 2.31. The number of benzene rings is 1. The van der Waals surface area contributed by atoms with Gasteiger partial charge in [-0.05, 0) is 37.1 Å². The van der Waals surface area contributed by atoms with Crippen LogP contribution in [0.2, 0.25) is 0 Å². The Kier molecular flexibility index (Phi) is 2.67. The van der Waals surface area contributed by atoms with E-state index in [1.54, 1.807) is 7.11 Å². The number of fused-ring (bicyclic) bond motifs is 1. The molecule has 1 aliphatic carbocycles. The molecule has 1 aliphatic rings. The quantitative estimate of drug-likeness (QED) is 0.772. The number of methoxy groups -OCH3 is 1. The van der Waals surface area contributed by atoms with Crippen LogP contribution in [-0.2, 0) is 0 Å². The SMILES string of the molecule is COc1cc(C)cc2c1C(CN)CC2O. The third kappa shape index (κ3) is 1.62. The monoisotopic (exact) mass is 207 g/mol. The molecular weight excluding hydrogens is 190 g/mol. The van der Waals surface area contributed by atoms with Crippen LogP contribution in [0.1, 0.15) is 35.1 Å². The highest BCUT2D eigenvalue weighted by atomic mass is 16.5. The van der Waals surface area contributed by atoms with Crippen molar-refractivity contribution in [3.63, 3.8) is 0 Å². The van der Waals surface area contributed by atoms with Crippen molar-refractivity contribution in [2.75, 3.05) is 13.7 Å². The van der Waals surface area contributed by atoms with Gasteiger partial charge in [-0.25, -0.2) is 0 Å². The summed E-state index contributed by atoms with van der Waals surface area (Å²) in [5, 5.41) is 9.92. The molecule has 0 bridgehead atoms. The van der Waals surface area contributed by atoms with E-state index in [4.69, 9.17) is 10.5 Å². The molecule has 3 nitrogen and oxygen atoms in total. The van der Waals surface area contributed by atoms with Crippen LogP contribution in [-0.4, -0.2) is 18.8 Å². The number of hydrogen-bond donors (Lipinski definition) is 2. The summed E-state index contributed by atoms with van der Waals surface area (Å²) in [6.07, 6.45) is 0.327. The molecule has 0 saturated heterocycles. The molecule has 0 spiro atoms. The minimum Gasteiger partial charge on any atom is -0.496 e. The predicted octanol–water partition coefficient (Wildman–Crippen LogP) is 1.48. The van der Waals surface area contributed by atoms with Crippen LogP contribution in [0, 0.1) is 6.92 Å². The van der Waals surface area contributed by atoms with Crippen molar-refractivity contribution in [2.24, 2.45) is 5.73 Å². The van der Waals surface area contributed by atoms with Gasteiger partial charge in [-0.2, -0.15) is 0 Å². The predicted molar refractivity (Wildman–Crippen MR) is 59.1 cm³/mol. The highest BCUT2D eigenvalue weighted by molar-refractivity contribution is 5.50. The Morgan fingerprint density at radius 1 is 1.53 bits per heavy atom. The normalized spacial score (nSPS) is 24.0. The van der Waals surface area contributed by atoms with E-state index in [0.29, 0.717) is 13.0 Å². The maximum atomic E-state index is 9.92. The average molecular weight is 207 g/mol. The molecule has 3 N–H and O–H groups in total. The molecular formula is C12H17NO2. The van der Waals surface area contributed by atoms with Crippen LogP contribution >= 0.6 is 0 Å². The molecule has 0 saturated carbocycles. The molecule has 0 aliphatic heterocycles. The number of hydrogen-bond acceptors (Lipinski definition) is 3. The van der Waals surface area contributed by atoms with Crippen LogP contribution in [0.4, 0.5) is 0 Å². The minimum absolute atomic E-state index is 0.227. The van der Waals surface area contributed by atoms with Crippen molar-refractivity contribution in [3.05, 3.63) is 28.8 Å². The molecule has 0 aromatic heterocycles. The summed E-state index contributed by atoms with van der Waals surface area (Å²) < 4.78 is 5.35. The molecule has 1 aromatic rings. The van der Waals surface area contributed by atoms with Gasteiger partial charge in [-0.1, -0.05) is 6.07 Å². The summed E-state index contributed by atoms with van der Waals surface area (Å²) in [7, 11) is 1.66. The van der Waals surface area contributed by atoms with Gasteiger partial charge in [0.2, 0.25) is 0 Å². The number of rotatable bonds is 2. The van der Waals surface area contributed by atoms with Crippen molar-refractivity contribution >= 4 is 0 Å². The zero-order chi connectivity index (χ0) is 11.0. The fraction of sp³-hybridized carbons (Fsp3) is 0.500. The number of aliphatic hydroxyl groups excluding tert-OH is 1. The molecule has 2 atom stereocenters. The lowest BCUT2D eigenvalue weighted by atomic mass is 9.99. The topological polar surface area (TPSA) is 55.5 Å². The Hall–Kier alpha value is -1.06. The van der Waals surface area contributed by atoms with Crippen LogP contribution in [0.5, 0.6) is 5.75 Å². The third-order valence-corrected chi connectivity index (χ3v) is 3.10. The van der Waals surface area contributed by atoms with Gasteiger partial charge in [-0.3, -0.25) is 0 Å². The molecule has 3 heteroatoms. The van der Waals surface area contributed by atoms with Crippen molar-refractivity contribution < 1.29 is 9.84 Å². The van der Waals surface area contributed by atoms with E-state index < -0.39 is 0 Å². The Morgan fingerprint density at radius 2 is 2.27 bits per heavy atom. The first-order valence-corrected chi connectivity index (χ1v) is 5.24. The Bertz CT molecular complexity index is 376. The molecule has 0 fully saturated rings. The van der Waals surface area contributed by atoms with E-state index in [0.717, 1.165) is 22.4 Å². The van der Waals surface area contributed by atoms with Crippen LogP contribution in [0.3, 0.4) is 0 Å². The Morgan fingerprint density at radius 3 is 2.87 bits per heavy atom. The molecule has 82 valence electrons. The van der Waals surface area contributed by atoms with Crippen LogP contribution in [0.15, 0.2) is 12.1 Å². The third-order valence-electron chi connectivity index (χ3n) is 3.10. The summed E-state index contributed by atoms with van der Waals surface area (Å²) in [5.74, 6) is 1.09. The van der Waals surface area contributed by atoms with Crippen molar-refractivity contribution in [2.45, 2.75) is 25.4 Å². The summed E-state index contributed by atoms with van der Waals surface area (Å²) in [6, 6.07) is 4.03. The first kappa shape index (κ1) is 10.5. The van der Waals surface area contributed by atoms with Gasteiger partial charge in [-0.15, -0.1) is 0 Å². The van der Waals surface area contributed by atoms with E-state index in [2.05, 4.69) is 0 Å². The average Bonchev–Trinajstić information content (AvgIpc) is 2.55. The fourth-order valence-corrected chi connectivity index (χ4v) is 2.40. The second-order valence-electron chi connectivity index (χ2n) is 4.15. The molecule has 0 radical (unpaired) electrons. The van der Waals surface area contributed by atoms with E-state index >= 15 is 0 Å². The maximum absolute atomic E-state index is 9.92. The molecule has 1 aromatic carbocycles. The second-order valence-corrected chi connectivity index (χ2v) is 4.15. The van der Waals surface area contributed by atoms with E-state index in [1.807, 2.05) is 19.1 Å². The molecule has 15 heavy (non-hydrogen) atoms. The Labute approximate surface area is 89.9 Å². The van der Waals surface area contributed by atoms with Gasteiger partial charge in [0, 0.05) is 11.5 Å². The van der Waals surface area contributed by atoms with Crippen LogP contribution < -0.4 is 10.5 Å². The summed E-state index contributed by atoms with van der Waals surface area (Å²) in [5.41, 5.74) is 8.90. The smallest absolute Gasteiger partial charge is 0.123 e. The van der Waals surface area contributed by atoms with Gasteiger partial charge >= 0.3 is 0 Å². The minimum atomic E-state index is -0.387. The van der Waals surface area contributed by atoms with Gasteiger partial charge in [0.05, 0.1) is 13.2 Å². The first-order valence-electron chi connectivity index (χ1n) is 5.24. The zero-order valence-corrected chi connectivity index (χ0v) is 9.16. The first-order chi connectivity index (χ1) is 7.17. The molecule has 0 amide bonds. The van der Waals surface area contributed by atoms with E-state index in [-0.39, 0.29) is 12.0 Å². The summed E-state index contributed by atoms with van der Waals surface area (Å²) >= 11 is 0. The molecule has 0 heterocycles. The van der Waals surface area contributed by atoms with Gasteiger partial charge in [0.25, 0.3) is 0 Å². The maximum Gasteiger partial charge on any atom is 0.123 e. The lowest BCUT2D eigenvalue weighted by Crippen LogP contribution is -2.10. The second kappa shape index (κ2) is 3.83. The lowest BCUT2D eigenvalue weighted by Gasteiger charge is -2.13. The summed E-state index contributed by atoms with van der Waals surface area (Å²) in [6.45, 7) is 2.56. The van der Waals surface area contributed by atoms with Crippen molar-refractivity contribution in [1.29, 1.82) is 0 Å². The number of aliphatic hydroxyl groups is 1. The molecule has 2 unspecified atom stereocenters. The highest BCUT2D eigenvalue weighted by Crippen LogP contribution is 2.44. The lowest BCUT2D eigenvalue weighted by molar-refractivity contribution is 0.173. The van der Waals surface area contributed by atoms with Gasteiger partial charge < -0.3 is 15.6 Å². The van der Waals surface area contributed by atoms with Crippen molar-refractivity contribution in [3.8, 4) is 5.75 Å². The number of ether oxygens (including phenoxy) is 1. The van der Waals surface area contributed by atoms with E-state index in [1.165, 1.54) is 0 Å². The molecule has 2 rings (SSSR count). The van der Waals surface area contributed by atoms with Gasteiger partial charge in [0.15, 0.2) is 0 Å².